The topological polar surface area (TPSA) is 90.9 Å². The lowest BCUT2D eigenvalue weighted by Gasteiger charge is -2.29. The fourth-order valence-corrected chi connectivity index (χ4v) is 9.48. The van der Waals surface area contributed by atoms with Gasteiger partial charge in [-0.2, -0.15) is 0 Å². The van der Waals surface area contributed by atoms with Gasteiger partial charge in [0.1, 0.15) is 0 Å². The van der Waals surface area contributed by atoms with Gasteiger partial charge < -0.3 is 35.6 Å². The molecule has 0 aromatic rings. The van der Waals surface area contributed by atoms with Crippen molar-refractivity contribution in [2.24, 2.45) is 0 Å². The Kier molecular flexibility index (Phi) is 24.6. The maximum absolute atomic E-state index is 12.3. The first kappa shape index (κ1) is 36.3. The van der Waals surface area contributed by atoms with Gasteiger partial charge in [0, 0.05) is 51.7 Å². The average molecular weight is 575 g/mol. The molecular formula is C24H55O9PSi2. The summed E-state index contributed by atoms with van der Waals surface area (Å²) in [5.74, 6) is 0. The van der Waals surface area contributed by atoms with E-state index in [1.807, 2.05) is 0 Å². The van der Waals surface area contributed by atoms with E-state index in [-0.39, 0.29) is 0 Å². The molecule has 0 saturated heterocycles. The van der Waals surface area contributed by atoms with E-state index < -0.39 is 25.9 Å². The molecule has 0 aliphatic rings. The first-order valence-electron chi connectivity index (χ1n) is 14.1. The van der Waals surface area contributed by atoms with Crippen LogP contribution in [-0.4, -0.2) is 70.5 Å². The molecule has 0 spiro atoms. The molecule has 0 saturated carbocycles. The molecule has 12 heteroatoms. The average Bonchev–Trinajstić information content (AvgIpc) is 2.90. The second kappa shape index (κ2) is 24.4. The largest absolute Gasteiger partial charge is 0.501 e. The van der Waals surface area contributed by atoms with Gasteiger partial charge in [0.15, 0.2) is 0 Å². The highest BCUT2D eigenvalue weighted by Crippen LogP contribution is 2.27. The van der Waals surface area contributed by atoms with Crippen LogP contribution < -0.4 is 0 Å². The predicted molar refractivity (Wildman–Crippen MR) is 149 cm³/mol. The summed E-state index contributed by atoms with van der Waals surface area (Å²) >= 11 is 0. The van der Waals surface area contributed by atoms with Gasteiger partial charge in [-0.15, -0.1) is 0 Å². The number of hydrogen-bond acceptors (Lipinski definition) is 9. The zero-order valence-corrected chi connectivity index (χ0v) is 26.9. The minimum atomic E-state index is -2.76. The molecule has 0 rings (SSSR count). The Morgan fingerprint density at radius 1 is 0.444 bits per heavy atom. The molecule has 0 atom stereocenters. The third kappa shape index (κ3) is 17.8. The fraction of sp³-hybridized carbons (Fsp3) is 1.00. The lowest BCUT2D eigenvalue weighted by atomic mass is 10.5. The Bertz CT molecular complexity index is 432. The van der Waals surface area contributed by atoms with Crippen molar-refractivity contribution in [1.29, 1.82) is 0 Å². The summed E-state index contributed by atoms with van der Waals surface area (Å²) in [5, 5.41) is 0. The molecule has 36 heavy (non-hydrogen) atoms. The van der Waals surface area contributed by atoms with E-state index in [1.54, 1.807) is 0 Å². The van der Waals surface area contributed by atoms with Crippen LogP contribution in [0, 0.1) is 0 Å². The van der Waals surface area contributed by atoms with E-state index in [2.05, 4.69) is 41.5 Å². The second-order valence-electron chi connectivity index (χ2n) is 8.61. The van der Waals surface area contributed by atoms with Crippen LogP contribution in [0.4, 0.5) is 0 Å². The summed E-state index contributed by atoms with van der Waals surface area (Å²) in [6.07, 6.45) is 6.68. The van der Waals surface area contributed by atoms with Crippen LogP contribution in [0.5, 0.6) is 0 Å². The van der Waals surface area contributed by atoms with E-state index >= 15 is 0 Å². The van der Waals surface area contributed by atoms with Crippen LogP contribution in [0.3, 0.4) is 0 Å². The molecule has 218 valence electrons. The summed E-state index contributed by atoms with van der Waals surface area (Å²) in [5.41, 5.74) is 0. The molecule has 0 bridgehead atoms. The van der Waals surface area contributed by atoms with Crippen LogP contribution in [0.2, 0.25) is 12.1 Å². The molecular weight excluding hydrogens is 519 g/mol. The van der Waals surface area contributed by atoms with Gasteiger partial charge in [-0.25, -0.2) is 0 Å². The van der Waals surface area contributed by atoms with E-state index in [0.29, 0.717) is 77.8 Å². The van der Waals surface area contributed by atoms with Crippen molar-refractivity contribution < 1.29 is 40.2 Å². The SMILES string of the molecule is CCCO[Si](CCCO[PH](=O)OCCC[Si](OCCC)(OCCC)OCCC)(OCCC)OCCC. The monoisotopic (exact) mass is 574 g/mol. The molecule has 0 aliphatic heterocycles. The summed E-state index contributed by atoms with van der Waals surface area (Å²) in [6.45, 7) is 16.7. The summed E-state index contributed by atoms with van der Waals surface area (Å²) in [7, 11) is -8.12. The standard InChI is InChI=1S/C24H55O9PSi2/c1-7-15-28-35(29-16-8-2,30-17-9-3)23-13-21-26-34(25)27-22-14-24-36(31-18-10-4,32-19-11-5)33-20-12-6/h34H,7-24H2,1-6H3. The van der Waals surface area contributed by atoms with Crippen molar-refractivity contribution in [1.82, 2.24) is 0 Å². The van der Waals surface area contributed by atoms with E-state index in [0.717, 1.165) is 38.5 Å². The zero-order chi connectivity index (χ0) is 27.0. The molecule has 9 nitrogen and oxygen atoms in total. The molecule has 0 N–H and O–H groups in total. The van der Waals surface area contributed by atoms with Crippen LogP contribution in [0.25, 0.3) is 0 Å². The van der Waals surface area contributed by atoms with Crippen molar-refractivity contribution in [3.05, 3.63) is 0 Å². The van der Waals surface area contributed by atoms with Crippen molar-refractivity contribution in [2.45, 2.75) is 105 Å². The Labute approximate surface area is 223 Å². The minimum absolute atomic E-state index is 0.310. The van der Waals surface area contributed by atoms with Crippen molar-refractivity contribution >= 4 is 25.9 Å². The predicted octanol–water partition coefficient (Wildman–Crippen LogP) is 6.63. The van der Waals surface area contributed by atoms with Gasteiger partial charge in [0.2, 0.25) is 0 Å². The number of rotatable bonds is 28. The third-order valence-corrected chi connectivity index (χ3v) is 11.5. The highest BCUT2D eigenvalue weighted by Gasteiger charge is 2.41. The van der Waals surface area contributed by atoms with Crippen LogP contribution >= 0.6 is 8.25 Å². The maximum Gasteiger partial charge on any atom is 0.501 e. The smallest absolute Gasteiger partial charge is 0.373 e. The van der Waals surface area contributed by atoms with Gasteiger partial charge in [-0.3, -0.25) is 4.57 Å². The molecule has 0 aliphatic carbocycles. The molecule has 0 unspecified atom stereocenters. The van der Waals surface area contributed by atoms with E-state index in [4.69, 9.17) is 35.6 Å². The van der Waals surface area contributed by atoms with Crippen molar-refractivity contribution in [3.63, 3.8) is 0 Å². The van der Waals surface area contributed by atoms with E-state index in [9.17, 15) is 4.57 Å². The first-order chi connectivity index (χ1) is 17.5. The Morgan fingerprint density at radius 2 is 0.694 bits per heavy atom. The first-order valence-corrected chi connectivity index (χ1v) is 19.2. The molecule has 0 heterocycles. The third-order valence-electron chi connectivity index (χ3n) is 4.85. The Hall–Kier alpha value is 0.344. The van der Waals surface area contributed by atoms with Gasteiger partial charge in [-0.05, 0) is 51.4 Å². The van der Waals surface area contributed by atoms with Crippen LogP contribution in [0.15, 0.2) is 0 Å². The highest BCUT2D eigenvalue weighted by molar-refractivity contribution is 7.33. The van der Waals surface area contributed by atoms with Crippen molar-refractivity contribution in [3.8, 4) is 0 Å². The lowest BCUT2D eigenvalue weighted by Crippen LogP contribution is -2.46. The van der Waals surface area contributed by atoms with Crippen LogP contribution in [0.1, 0.15) is 92.9 Å². The summed E-state index contributed by atoms with van der Waals surface area (Å²) in [4.78, 5) is 0. The Morgan fingerprint density at radius 3 is 0.917 bits per heavy atom. The maximum atomic E-state index is 12.3. The summed E-state index contributed by atoms with van der Waals surface area (Å²) < 4.78 is 59.8. The van der Waals surface area contributed by atoms with Gasteiger partial charge in [0.05, 0.1) is 13.2 Å². The summed E-state index contributed by atoms with van der Waals surface area (Å²) in [6, 6.07) is 1.27. The second-order valence-corrected chi connectivity index (χ2v) is 15.2. The zero-order valence-electron chi connectivity index (χ0n) is 23.9. The minimum Gasteiger partial charge on any atom is -0.373 e. The van der Waals surface area contributed by atoms with Crippen LogP contribution in [-0.2, 0) is 40.2 Å². The van der Waals surface area contributed by atoms with Gasteiger partial charge >= 0.3 is 25.9 Å². The molecule has 0 aromatic heterocycles. The normalized spacial score (nSPS) is 12.6. The highest BCUT2D eigenvalue weighted by atomic mass is 31.1. The molecule has 0 radical (unpaired) electrons. The molecule has 0 amide bonds. The quantitative estimate of drug-likeness (QED) is 0.0580. The van der Waals surface area contributed by atoms with Gasteiger partial charge in [0.25, 0.3) is 0 Å². The molecule has 0 aromatic carbocycles. The molecule has 0 fully saturated rings. The van der Waals surface area contributed by atoms with Crippen molar-refractivity contribution in [2.75, 3.05) is 52.9 Å². The Balaban J connectivity index is 4.58. The van der Waals surface area contributed by atoms with Gasteiger partial charge in [-0.1, -0.05) is 41.5 Å². The fourth-order valence-electron chi connectivity index (χ4n) is 3.16. The van der Waals surface area contributed by atoms with E-state index in [1.165, 1.54) is 0 Å². The lowest BCUT2D eigenvalue weighted by molar-refractivity contribution is 0.0575. The number of hydrogen-bond donors (Lipinski definition) is 0.